The van der Waals surface area contributed by atoms with Crippen molar-refractivity contribution < 1.29 is 113 Å². The van der Waals surface area contributed by atoms with Crippen LogP contribution in [0.25, 0.3) is 98.1 Å². The lowest BCUT2D eigenvalue weighted by Crippen LogP contribution is -2.43. The topological polar surface area (TPSA) is 604 Å². The number of allylic oxidation sites excluding steroid dienone is 1. The number of rotatable bonds is 17. The summed E-state index contributed by atoms with van der Waals surface area (Å²) >= 11 is 26.4. The van der Waals surface area contributed by atoms with Crippen molar-refractivity contribution in [1.29, 1.82) is 0 Å². The maximum absolute atomic E-state index is 14.7. The largest absolute Gasteiger partial charge is 0.472 e. The van der Waals surface area contributed by atoms with Crippen molar-refractivity contribution in [2.75, 3.05) is 37.9 Å². The molecule has 750 valence electrons. The molecular formula is C81H80BrCl4F7N28O17P4. The van der Waals surface area contributed by atoms with Gasteiger partial charge >= 0.3 is 0 Å². The van der Waals surface area contributed by atoms with Crippen LogP contribution in [0.4, 0.5) is 36.6 Å². The van der Waals surface area contributed by atoms with Crippen molar-refractivity contribution in [3.05, 3.63) is 208 Å². The van der Waals surface area contributed by atoms with Gasteiger partial charge in [-0.15, -0.1) is 0 Å². The molecule has 9 N–H and O–H groups in total. The normalized spacial score (nSPS) is 29.6. The summed E-state index contributed by atoms with van der Waals surface area (Å²) in [4.78, 5) is 63.9. The van der Waals surface area contributed by atoms with Gasteiger partial charge in [0.1, 0.15) is 157 Å². The van der Waals surface area contributed by atoms with E-state index in [1.165, 1.54) is 73.3 Å². The second kappa shape index (κ2) is 46.3. The summed E-state index contributed by atoms with van der Waals surface area (Å²) in [6.07, 6.45) is -2.23. The van der Waals surface area contributed by atoms with Gasteiger partial charge < -0.3 is 92.8 Å². The lowest BCUT2D eigenvalue weighted by Gasteiger charge is -2.24. The molecule has 45 nitrogen and oxygen atoms in total. The highest BCUT2D eigenvalue weighted by Gasteiger charge is 2.58. The van der Waals surface area contributed by atoms with E-state index in [9.17, 15) is 74.5 Å². The van der Waals surface area contributed by atoms with E-state index in [4.69, 9.17) is 101 Å². The fraction of sp³-hybridized carbons (Fsp3) is 0.432. The minimum absolute atomic E-state index is 0.00880. The molecule has 7 aliphatic heterocycles. The number of fused-ring (bicyclic) bond motifs is 7. The number of hydrogen-bond donors (Lipinski definition) is 8. The Morgan fingerprint density at radius 1 is 0.472 bits per heavy atom. The summed E-state index contributed by atoms with van der Waals surface area (Å²) in [5.74, 6) is -0.384. The Labute approximate surface area is 829 Å². The van der Waals surface area contributed by atoms with Gasteiger partial charge in [0.15, 0.2) is 108 Å². The Morgan fingerprint density at radius 3 is 1.30 bits per heavy atom. The number of aromatic amines is 1. The molecule has 26 atom stereocenters. The average Bonchev–Trinajstić information content (AvgIpc) is 1.59. The number of aryl methyl sites for hydroxylation is 2. The first-order chi connectivity index (χ1) is 68.1. The second-order valence-corrected chi connectivity index (χ2v) is 37.1. The minimum atomic E-state index is -2.09. The molecule has 14 aromatic rings. The second-order valence-electron chi connectivity index (χ2n) is 31.9. The zero-order valence-corrected chi connectivity index (χ0v) is 81.8. The van der Waals surface area contributed by atoms with Crippen LogP contribution in [-0.4, -0.2) is 273 Å². The first kappa shape index (κ1) is 107. The van der Waals surface area contributed by atoms with Gasteiger partial charge in [-0.2, -0.15) is 0 Å². The van der Waals surface area contributed by atoms with E-state index in [1.807, 2.05) is 26.0 Å². The number of aliphatic hydroxyl groups excluding tert-OH is 6. The van der Waals surface area contributed by atoms with Gasteiger partial charge in [-0.05, 0) is 67.4 Å². The third-order valence-corrected chi connectivity index (χ3v) is 28.5. The van der Waals surface area contributed by atoms with Gasteiger partial charge in [-0.3, -0.25) is 27.4 Å². The Hall–Kier alpha value is -11.1. The van der Waals surface area contributed by atoms with E-state index >= 15 is 0 Å². The Bertz CT molecular complexity index is 6800. The molecule has 21 rings (SSSR count). The predicted molar refractivity (Wildman–Crippen MR) is 501 cm³/mol. The number of nitrogens with one attached hydrogen (secondary N) is 1. The molecule has 0 amide bonds. The van der Waals surface area contributed by atoms with E-state index in [2.05, 4.69) is 124 Å². The fourth-order valence-electron chi connectivity index (χ4n) is 16.0. The van der Waals surface area contributed by atoms with Crippen molar-refractivity contribution in [3.8, 4) is 0 Å². The molecule has 0 spiro atoms. The standard InChI is InChI=1S/C13H15FN6O2.C13H14FN3O.C11H9ClFN3O3P2.C11H11ClFN3O3.C11H9ClFN3O2.C11H12FN7O3.C6H4ClN3.C5H6BrFO3P2/c1-7-10(14)12(22-13(7,5-21)18-19-15)20-4-3-9-8(2)16-6-17-11(9)20;1-7-9(3)18-13(11(7)14)17-5-4-10-8(2)15-6-16-12(10)17;12-9-5-1-2-16(10(5)15-4-14-9)11-7(13)8(21-18)6(19-11)3-20-17;12-9-5-1-2-16(10(5)15-4-14-9)11-7(13)8(18)6(3-17)19-11;1-5-8(17)7(13)11(18-5)16-3-2-6-9(12)14-4-15-10(6)16;12-6-7(21)11(3-20,17-18-14)22-10(6)19-2-1-5-8(13)15-4-16-9(5)19;7-5-4-1-2-8-6(4)10-3-9-5;6-5-3(7)4(12-9)2(10-5)1-11-8/h3-4,6-7,10,12,21H,5H2,1-2H3;4-7,11,13H,3H2,1-2H3;1-2,4,6-8,11H,3H2;1-2,4,6-8,11,17-18H,3H2;2-4,7-8,11,17H,1H2;1-2,4,6-7,10,20-21H,3H2,(H2,13,15,16);1-3H,(H,8,9,10);2-5H,1H2/t7-,10-,12+,13?;7-,11+,13-;2*6-,7+,8-,11-;7-,8+,11+;6-,7-,10+,11+;;2-,3+,4-,5+/m011100.1/s1. The molecule has 7 aliphatic rings. The number of H-pyrrole nitrogens is 1. The van der Waals surface area contributed by atoms with Crippen molar-refractivity contribution in [2.24, 2.45) is 22.1 Å². The summed E-state index contributed by atoms with van der Waals surface area (Å²) in [6, 6.07) is 12.0. The molecule has 7 saturated heterocycles. The molecule has 61 heteroatoms. The van der Waals surface area contributed by atoms with E-state index in [-0.39, 0.29) is 79.1 Å². The number of alkyl halides is 8. The van der Waals surface area contributed by atoms with Crippen molar-refractivity contribution in [1.82, 2.24) is 102 Å². The van der Waals surface area contributed by atoms with Crippen LogP contribution >= 0.6 is 96.2 Å². The SMILES string of the molecule is C=C1O[C@@H](n2ccc3c(C)ncnc32)[C@@H](F)[C@@H]1C.C=C1O[C@@H](n2ccc3c(Cl)ncnc32)[C@@H](F)[C@@H]1O.Cc1ncnc2c1ccn2[C@@H]1OC(CO)(N=[N+]=[N-])[C@@H](C)[C@@H]1F.Clc1ncnc2[nH]ccc12.O=PC[C@H]1O[C@@H](n2ccc3c(Cl)ncnc32)[C@@H](F)[C@@H]1P=O.O=PC[C@H]1O[C@H](Br)[C@@H](F)[C@@H]1P=O.OC[C@H]1O[C@@H](n2ccc3c(Cl)ncnc32)[C@@H](F)[C@@H]1O.[N-]=[N+]=N[C@]1(CO)O[C@@H](n2ccc3c(N)ncnc32)[C@@H](F)[C@@H]1O. The van der Waals surface area contributed by atoms with Crippen LogP contribution in [-0.2, 0) is 51.4 Å². The lowest BCUT2D eigenvalue weighted by molar-refractivity contribution is -0.122. The molecule has 21 heterocycles. The number of ether oxygens (including phenoxy) is 7. The summed E-state index contributed by atoms with van der Waals surface area (Å²) < 4.78 is 188. The quantitative estimate of drug-likeness (QED) is 0.00798. The molecule has 7 fully saturated rings. The Kier molecular flexibility index (Phi) is 34.8. The maximum atomic E-state index is 14.7. The minimum Gasteiger partial charge on any atom is -0.472 e. The number of hydrogen-bond acceptors (Lipinski definition) is 34. The van der Waals surface area contributed by atoms with Crippen LogP contribution in [0.15, 0.2) is 165 Å². The maximum Gasteiger partial charge on any atom is 0.211 e. The summed E-state index contributed by atoms with van der Waals surface area (Å²) in [6.45, 7) is 12.3. The first-order valence-electron chi connectivity index (χ1n) is 42.0. The van der Waals surface area contributed by atoms with Crippen molar-refractivity contribution in [2.45, 2.75) is 173 Å². The molecule has 142 heavy (non-hydrogen) atoms. The molecule has 0 saturated carbocycles. The van der Waals surface area contributed by atoms with Gasteiger partial charge in [0, 0.05) is 69.9 Å². The summed E-state index contributed by atoms with van der Waals surface area (Å²) in [5, 5.41) is 69.0. The van der Waals surface area contributed by atoms with E-state index in [0.717, 1.165) is 33.2 Å². The molecule has 14 aromatic heterocycles. The van der Waals surface area contributed by atoms with Crippen molar-refractivity contribution in [3.63, 3.8) is 0 Å². The lowest BCUT2D eigenvalue weighted by atomic mass is 9.96. The number of nitrogens with two attached hydrogens (primary N) is 1. The number of aliphatic hydroxyl groups is 6. The number of halogens is 12. The van der Waals surface area contributed by atoms with E-state index in [1.54, 1.807) is 85.9 Å². The number of anilines is 1. The Balaban J connectivity index is 0.000000130. The van der Waals surface area contributed by atoms with E-state index < -0.39 is 171 Å². The predicted octanol–water partition coefficient (Wildman–Crippen LogP) is 15.0. The average molecular weight is 2200 g/mol. The smallest absolute Gasteiger partial charge is 0.211 e. The van der Waals surface area contributed by atoms with Crippen LogP contribution in [0.3, 0.4) is 0 Å². The highest BCUT2D eigenvalue weighted by Crippen LogP contribution is 2.49. The third kappa shape index (κ3) is 21.3. The summed E-state index contributed by atoms with van der Waals surface area (Å²) in [7, 11) is -0.952. The monoisotopic (exact) mass is 2190 g/mol. The highest BCUT2D eigenvalue weighted by atomic mass is 79.9. The summed E-state index contributed by atoms with van der Waals surface area (Å²) in [5.41, 5.74) is 22.9. The molecule has 0 aliphatic carbocycles. The first-order valence-corrected chi connectivity index (χ1v) is 48.2. The van der Waals surface area contributed by atoms with E-state index in [0.29, 0.717) is 66.3 Å². The number of aromatic nitrogens is 21. The third-order valence-electron chi connectivity index (χ3n) is 23.8. The van der Waals surface area contributed by atoms with Crippen LogP contribution in [0.5, 0.6) is 0 Å². The van der Waals surface area contributed by atoms with Gasteiger partial charge in [0.2, 0.25) is 18.2 Å². The fourth-order valence-corrected chi connectivity index (χ4v) is 20.1. The van der Waals surface area contributed by atoms with Gasteiger partial charge in [0.05, 0.1) is 94.3 Å². The van der Waals surface area contributed by atoms with Crippen LogP contribution in [0.2, 0.25) is 20.6 Å². The molecule has 0 bridgehead atoms. The van der Waals surface area contributed by atoms with Crippen LogP contribution in [0, 0.1) is 25.7 Å². The van der Waals surface area contributed by atoms with Crippen molar-refractivity contribution >= 4 is 179 Å². The van der Waals surface area contributed by atoms with Gasteiger partial charge in [-0.25, -0.2) is 101 Å². The van der Waals surface area contributed by atoms with Gasteiger partial charge in [0.25, 0.3) is 0 Å². The molecule has 0 radical (unpaired) electrons. The molecule has 0 aromatic carbocycles. The Morgan fingerprint density at radius 2 is 0.859 bits per heavy atom. The van der Waals surface area contributed by atoms with Gasteiger partial charge in [-0.1, -0.05) is 99.6 Å². The zero-order valence-electron chi connectivity index (χ0n) is 73.6. The highest BCUT2D eigenvalue weighted by molar-refractivity contribution is 9.09. The molecule has 1 unspecified atom stereocenters. The van der Waals surface area contributed by atoms with Crippen LogP contribution in [0.1, 0.15) is 62.6 Å². The zero-order chi connectivity index (χ0) is 102. The number of nitrogen functional groups attached to an aromatic ring is 1. The van der Waals surface area contributed by atoms with Crippen LogP contribution < -0.4 is 5.73 Å². The number of azide groups is 2. The molecular weight excluding hydrogens is 2120 g/mol. The number of nitrogens with zero attached hydrogens (tertiary/aromatic N) is 26.